The van der Waals surface area contributed by atoms with Crippen molar-refractivity contribution in [3.8, 4) is 28.4 Å². The summed E-state index contributed by atoms with van der Waals surface area (Å²) in [6.07, 6.45) is -2.85. The number of anilines is 1. The molecule has 0 unspecified atom stereocenters. The molecule has 10 heteroatoms. The average Bonchev–Trinajstić information content (AvgIpc) is 2.85. The number of alkyl halides is 3. The summed E-state index contributed by atoms with van der Waals surface area (Å²) in [5.74, 6) is 1.44. The number of methoxy groups -OCH3 is 2. The van der Waals surface area contributed by atoms with E-state index >= 15 is 0 Å². The zero-order valence-electron chi connectivity index (χ0n) is 18.8. The molecule has 0 spiro atoms. The Hall–Kier alpha value is -3.72. The second-order valence-corrected chi connectivity index (χ2v) is 8.00. The van der Waals surface area contributed by atoms with E-state index in [1.165, 1.54) is 12.1 Å². The number of nitrogens with one attached hydrogen (secondary N) is 1. The van der Waals surface area contributed by atoms with Crippen molar-refractivity contribution in [2.24, 2.45) is 0 Å². The molecule has 6 nitrogen and oxygen atoms in total. The maximum Gasteiger partial charge on any atom is 0.422 e. The van der Waals surface area contributed by atoms with E-state index in [0.29, 0.717) is 39.7 Å². The molecule has 0 aliphatic carbocycles. The summed E-state index contributed by atoms with van der Waals surface area (Å²) in [4.78, 5) is 0. The van der Waals surface area contributed by atoms with E-state index in [4.69, 9.17) is 25.8 Å². The van der Waals surface area contributed by atoms with Gasteiger partial charge in [0.1, 0.15) is 17.2 Å². The molecule has 182 valence electrons. The highest BCUT2D eigenvalue weighted by Crippen LogP contribution is 2.36. The number of rotatable bonds is 8. The number of nitrogens with zero attached hydrogens (tertiary/aromatic N) is 2. The molecule has 0 atom stereocenters. The number of hydrogen-bond acceptors (Lipinski definition) is 6. The van der Waals surface area contributed by atoms with E-state index in [0.717, 1.165) is 16.6 Å². The van der Waals surface area contributed by atoms with Crippen LogP contribution in [0.4, 0.5) is 18.9 Å². The lowest BCUT2D eigenvalue weighted by molar-refractivity contribution is -0.153. The van der Waals surface area contributed by atoms with Gasteiger partial charge in [-0.05, 0) is 48.0 Å². The van der Waals surface area contributed by atoms with Crippen LogP contribution < -0.4 is 19.5 Å². The van der Waals surface area contributed by atoms with Crippen molar-refractivity contribution < 1.29 is 27.4 Å². The Labute approximate surface area is 204 Å². The fourth-order valence-corrected chi connectivity index (χ4v) is 3.74. The van der Waals surface area contributed by atoms with E-state index in [1.54, 1.807) is 44.7 Å². The molecule has 0 saturated carbocycles. The van der Waals surface area contributed by atoms with Gasteiger partial charge in [0.15, 0.2) is 6.61 Å². The van der Waals surface area contributed by atoms with Gasteiger partial charge in [0.05, 0.1) is 31.6 Å². The van der Waals surface area contributed by atoms with Gasteiger partial charge in [-0.25, -0.2) is 0 Å². The summed E-state index contributed by atoms with van der Waals surface area (Å²) in [7, 11) is 3.18. The van der Waals surface area contributed by atoms with Gasteiger partial charge in [0, 0.05) is 34.1 Å². The third-order valence-corrected chi connectivity index (χ3v) is 5.48. The minimum Gasteiger partial charge on any atom is -0.497 e. The highest BCUT2D eigenvalue weighted by molar-refractivity contribution is 6.31. The number of ether oxygens (including phenoxy) is 3. The molecule has 35 heavy (non-hydrogen) atoms. The van der Waals surface area contributed by atoms with Gasteiger partial charge in [-0.2, -0.15) is 23.4 Å². The van der Waals surface area contributed by atoms with Crippen LogP contribution in [0.2, 0.25) is 5.02 Å². The van der Waals surface area contributed by atoms with Crippen molar-refractivity contribution >= 4 is 28.2 Å². The summed E-state index contributed by atoms with van der Waals surface area (Å²) in [5.41, 5.74) is 3.22. The fraction of sp³-hybridized carbons (Fsp3) is 0.200. The van der Waals surface area contributed by atoms with Crippen LogP contribution >= 0.6 is 11.6 Å². The van der Waals surface area contributed by atoms with Crippen molar-refractivity contribution in [3.63, 3.8) is 0 Å². The Morgan fingerprint density at radius 2 is 1.77 bits per heavy atom. The summed E-state index contributed by atoms with van der Waals surface area (Å²) in [6.45, 7) is -0.947. The zero-order valence-corrected chi connectivity index (χ0v) is 19.6. The molecule has 0 bridgehead atoms. The van der Waals surface area contributed by atoms with Crippen LogP contribution in [0.3, 0.4) is 0 Å². The number of hydrogen-bond donors (Lipinski definition) is 1. The lowest BCUT2D eigenvalue weighted by atomic mass is 10.0. The van der Waals surface area contributed by atoms with Crippen molar-refractivity contribution in [3.05, 3.63) is 71.4 Å². The Balaban J connectivity index is 1.62. The van der Waals surface area contributed by atoms with Gasteiger partial charge in [-0.1, -0.05) is 17.7 Å². The third kappa shape index (κ3) is 5.86. The van der Waals surface area contributed by atoms with Crippen LogP contribution in [-0.2, 0) is 6.54 Å². The number of aromatic nitrogens is 2. The molecule has 1 aromatic heterocycles. The maximum atomic E-state index is 12.7. The van der Waals surface area contributed by atoms with Crippen molar-refractivity contribution in [2.45, 2.75) is 12.7 Å². The van der Waals surface area contributed by atoms with Crippen LogP contribution in [0.15, 0.2) is 60.8 Å². The predicted octanol–water partition coefficient (Wildman–Crippen LogP) is 6.52. The first kappa shape index (κ1) is 24.4. The van der Waals surface area contributed by atoms with Crippen LogP contribution in [-0.4, -0.2) is 37.2 Å². The zero-order chi connectivity index (χ0) is 25.0. The molecule has 0 saturated heterocycles. The minimum absolute atomic E-state index is 0.0694. The van der Waals surface area contributed by atoms with Crippen LogP contribution in [0.25, 0.3) is 22.0 Å². The first-order valence-electron chi connectivity index (χ1n) is 10.5. The Bertz CT molecular complexity index is 1350. The number of fused-ring (bicyclic) bond motifs is 1. The van der Waals surface area contributed by atoms with E-state index < -0.39 is 12.8 Å². The molecular weight excluding hydrogens is 483 g/mol. The third-order valence-electron chi connectivity index (χ3n) is 5.25. The van der Waals surface area contributed by atoms with Crippen molar-refractivity contribution in [2.75, 3.05) is 26.1 Å². The van der Waals surface area contributed by atoms with E-state index in [1.807, 2.05) is 18.2 Å². The summed E-state index contributed by atoms with van der Waals surface area (Å²) >= 11 is 6.11. The molecule has 0 radical (unpaired) electrons. The molecule has 0 aliphatic rings. The van der Waals surface area contributed by atoms with Gasteiger partial charge >= 0.3 is 6.18 Å². The SMILES string of the molecule is COc1ccc(CNc2cnnc3cc(-c4cc(Cl)ccc4OCC(F)(F)F)ccc23)c(OC)c1. The second kappa shape index (κ2) is 10.3. The smallest absolute Gasteiger partial charge is 0.422 e. The molecule has 1 heterocycles. The summed E-state index contributed by atoms with van der Waals surface area (Å²) < 4.78 is 53.8. The first-order valence-corrected chi connectivity index (χ1v) is 10.8. The van der Waals surface area contributed by atoms with Gasteiger partial charge in [0.2, 0.25) is 0 Å². The number of benzene rings is 3. The Morgan fingerprint density at radius 3 is 2.51 bits per heavy atom. The molecule has 4 aromatic rings. The molecule has 4 rings (SSSR count). The van der Waals surface area contributed by atoms with Gasteiger partial charge in [0.25, 0.3) is 0 Å². The van der Waals surface area contributed by atoms with Gasteiger partial charge < -0.3 is 19.5 Å². The van der Waals surface area contributed by atoms with Crippen molar-refractivity contribution in [1.82, 2.24) is 10.2 Å². The second-order valence-electron chi connectivity index (χ2n) is 7.57. The monoisotopic (exact) mass is 503 g/mol. The maximum absolute atomic E-state index is 12.7. The van der Waals surface area contributed by atoms with Crippen LogP contribution in [0.5, 0.6) is 17.2 Å². The normalized spacial score (nSPS) is 11.4. The Kier molecular flexibility index (Phi) is 7.16. The summed E-state index contributed by atoms with van der Waals surface area (Å²) in [5, 5.41) is 12.8. The van der Waals surface area contributed by atoms with E-state index in [2.05, 4.69) is 15.5 Å². The predicted molar refractivity (Wildman–Crippen MR) is 128 cm³/mol. The topological polar surface area (TPSA) is 65.5 Å². The standard InChI is InChI=1S/C25H21ClF3N3O3/c1-33-18-6-3-16(24(11-18)34-2)12-30-22-13-31-32-21-9-15(4-7-19(21)22)20-10-17(26)5-8-23(20)35-14-25(27,28)29/h3-11,13H,12,14H2,1-2H3,(H,30,32). The molecule has 3 aromatic carbocycles. The quantitative estimate of drug-likeness (QED) is 0.295. The summed E-state index contributed by atoms with van der Waals surface area (Å²) in [6, 6.07) is 15.3. The largest absolute Gasteiger partial charge is 0.497 e. The minimum atomic E-state index is -4.46. The van der Waals surface area contributed by atoms with Crippen molar-refractivity contribution in [1.29, 1.82) is 0 Å². The highest BCUT2D eigenvalue weighted by atomic mass is 35.5. The van der Waals surface area contributed by atoms with Crippen LogP contribution in [0, 0.1) is 0 Å². The van der Waals surface area contributed by atoms with E-state index in [9.17, 15) is 13.2 Å². The molecular formula is C25H21ClF3N3O3. The average molecular weight is 504 g/mol. The van der Waals surface area contributed by atoms with Crippen LogP contribution in [0.1, 0.15) is 5.56 Å². The lowest BCUT2D eigenvalue weighted by Gasteiger charge is -2.15. The molecule has 0 aliphatic heterocycles. The first-order chi connectivity index (χ1) is 16.8. The van der Waals surface area contributed by atoms with Gasteiger partial charge in [-0.3, -0.25) is 0 Å². The fourth-order valence-electron chi connectivity index (χ4n) is 3.57. The highest BCUT2D eigenvalue weighted by Gasteiger charge is 2.29. The molecule has 0 amide bonds. The lowest BCUT2D eigenvalue weighted by Crippen LogP contribution is -2.19. The Morgan fingerprint density at radius 1 is 0.943 bits per heavy atom. The molecule has 1 N–H and O–H groups in total. The van der Waals surface area contributed by atoms with Gasteiger partial charge in [-0.15, -0.1) is 0 Å². The molecule has 0 fully saturated rings. The van der Waals surface area contributed by atoms with E-state index in [-0.39, 0.29) is 5.75 Å². The number of halogens is 4.